The van der Waals surface area contributed by atoms with E-state index >= 15 is 0 Å². The minimum atomic E-state index is -0.529. The molecule has 2 aromatic rings. The van der Waals surface area contributed by atoms with Crippen molar-refractivity contribution in [2.45, 2.75) is 0 Å². The summed E-state index contributed by atoms with van der Waals surface area (Å²) in [4.78, 5) is 28.1. The third kappa shape index (κ3) is 1.09. The standard InChI is InChI=1S/C8H10N4O3/c1-10-6-5(4-9-11(6)2)7(13)12(15-3)8(10)14/h4H,1-3H3. The Kier molecular flexibility index (Phi) is 1.88. The van der Waals surface area contributed by atoms with Gasteiger partial charge in [-0.3, -0.25) is 14.0 Å². The Balaban J connectivity index is 3.12. The molecule has 15 heavy (non-hydrogen) atoms. The summed E-state index contributed by atoms with van der Waals surface area (Å²) in [6.45, 7) is 0. The molecule has 0 saturated heterocycles. The molecule has 2 aromatic heterocycles. The summed E-state index contributed by atoms with van der Waals surface area (Å²) in [6.07, 6.45) is 1.41. The second-order valence-electron chi connectivity index (χ2n) is 3.13. The first kappa shape index (κ1) is 9.50. The van der Waals surface area contributed by atoms with Crippen molar-refractivity contribution in [1.29, 1.82) is 0 Å². The molecule has 0 aromatic carbocycles. The van der Waals surface area contributed by atoms with E-state index in [2.05, 4.69) is 5.10 Å². The minimum Gasteiger partial charge on any atom is -0.409 e. The van der Waals surface area contributed by atoms with Crippen LogP contribution in [0.25, 0.3) is 11.0 Å². The average molecular weight is 210 g/mol. The lowest BCUT2D eigenvalue weighted by molar-refractivity contribution is 0.143. The Hall–Kier alpha value is -2.05. The fourth-order valence-corrected chi connectivity index (χ4v) is 1.56. The highest BCUT2D eigenvalue weighted by Gasteiger charge is 2.13. The molecular formula is C8H10N4O3. The van der Waals surface area contributed by atoms with E-state index in [9.17, 15) is 9.59 Å². The SMILES string of the molecule is COn1c(=O)c2cnn(C)c2n(C)c1=O. The van der Waals surface area contributed by atoms with Gasteiger partial charge in [0.1, 0.15) is 18.1 Å². The Morgan fingerprint density at radius 3 is 2.60 bits per heavy atom. The molecule has 7 nitrogen and oxygen atoms in total. The molecule has 0 unspecified atom stereocenters. The largest absolute Gasteiger partial charge is 0.409 e. The molecule has 0 aliphatic rings. The molecule has 0 saturated carbocycles. The van der Waals surface area contributed by atoms with Crippen molar-refractivity contribution in [3.8, 4) is 0 Å². The van der Waals surface area contributed by atoms with Gasteiger partial charge in [0.25, 0.3) is 0 Å². The Morgan fingerprint density at radius 1 is 1.33 bits per heavy atom. The van der Waals surface area contributed by atoms with Gasteiger partial charge in [-0.25, -0.2) is 4.79 Å². The molecule has 0 spiro atoms. The molecule has 2 rings (SSSR count). The van der Waals surface area contributed by atoms with Crippen LogP contribution in [0.15, 0.2) is 15.8 Å². The predicted octanol–water partition coefficient (Wildman–Crippen LogP) is -1.51. The number of fused-ring (bicyclic) bond motifs is 1. The van der Waals surface area contributed by atoms with E-state index in [4.69, 9.17) is 4.84 Å². The highest BCUT2D eigenvalue weighted by atomic mass is 16.7. The zero-order valence-electron chi connectivity index (χ0n) is 8.59. The number of hydrogen-bond donors (Lipinski definition) is 0. The van der Waals surface area contributed by atoms with Crippen LogP contribution in [0.4, 0.5) is 0 Å². The maximum absolute atomic E-state index is 11.7. The fraction of sp³-hybridized carbons (Fsp3) is 0.375. The van der Waals surface area contributed by atoms with Crippen LogP contribution in [0.3, 0.4) is 0 Å². The van der Waals surface area contributed by atoms with E-state index in [1.165, 1.54) is 22.6 Å². The van der Waals surface area contributed by atoms with Crippen molar-refractivity contribution >= 4 is 11.0 Å². The molecule has 80 valence electrons. The molecule has 0 aliphatic heterocycles. The van der Waals surface area contributed by atoms with Gasteiger partial charge in [-0.05, 0) is 0 Å². The van der Waals surface area contributed by atoms with Crippen molar-refractivity contribution in [2.24, 2.45) is 14.1 Å². The molecule has 0 atom stereocenters. The Bertz CT molecular complexity index is 634. The van der Waals surface area contributed by atoms with Gasteiger partial charge in [-0.2, -0.15) is 5.10 Å². The van der Waals surface area contributed by atoms with Crippen LogP contribution in [-0.4, -0.2) is 26.2 Å². The van der Waals surface area contributed by atoms with Crippen LogP contribution in [0, 0.1) is 0 Å². The smallest absolute Gasteiger partial charge is 0.366 e. The lowest BCUT2D eigenvalue weighted by Crippen LogP contribution is -2.42. The molecule has 7 heteroatoms. The van der Waals surface area contributed by atoms with Crippen molar-refractivity contribution in [1.82, 2.24) is 19.1 Å². The molecule has 0 amide bonds. The molecule has 0 aliphatic carbocycles. The number of aromatic nitrogens is 4. The van der Waals surface area contributed by atoms with E-state index < -0.39 is 11.2 Å². The summed E-state index contributed by atoms with van der Waals surface area (Å²) in [6, 6.07) is 0. The summed E-state index contributed by atoms with van der Waals surface area (Å²) < 4.78 is 3.48. The summed E-state index contributed by atoms with van der Waals surface area (Å²) in [5.41, 5.74) is -0.555. The molecule has 2 heterocycles. The highest BCUT2D eigenvalue weighted by molar-refractivity contribution is 5.73. The van der Waals surface area contributed by atoms with E-state index in [0.29, 0.717) is 15.8 Å². The fourth-order valence-electron chi connectivity index (χ4n) is 1.56. The lowest BCUT2D eigenvalue weighted by atomic mass is 10.4. The van der Waals surface area contributed by atoms with Gasteiger partial charge in [-0.1, -0.05) is 4.73 Å². The first-order valence-corrected chi connectivity index (χ1v) is 4.26. The zero-order valence-corrected chi connectivity index (χ0v) is 8.59. The molecule has 0 fully saturated rings. The summed E-state index contributed by atoms with van der Waals surface area (Å²) >= 11 is 0. The molecule has 0 bridgehead atoms. The Morgan fingerprint density at radius 2 is 2.00 bits per heavy atom. The topological polar surface area (TPSA) is 71.1 Å². The lowest BCUT2D eigenvalue weighted by Gasteiger charge is -2.06. The maximum Gasteiger partial charge on any atom is 0.366 e. The van der Waals surface area contributed by atoms with Crippen molar-refractivity contribution < 1.29 is 4.84 Å². The van der Waals surface area contributed by atoms with Crippen molar-refractivity contribution in [3.05, 3.63) is 27.0 Å². The summed E-state index contributed by atoms with van der Waals surface area (Å²) in [5.74, 6) is 0. The monoisotopic (exact) mass is 210 g/mol. The highest BCUT2D eigenvalue weighted by Crippen LogP contribution is 2.03. The molecular weight excluding hydrogens is 200 g/mol. The van der Waals surface area contributed by atoms with E-state index in [1.54, 1.807) is 14.1 Å². The van der Waals surface area contributed by atoms with Gasteiger partial charge < -0.3 is 4.84 Å². The number of rotatable bonds is 1. The first-order valence-electron chi connectivity index (χ1n) is 4.26. The maximum atomic E-state index is 11.7. The van der Waals surface area contributed by atoms with Crippen LogP contribution >= 0.6 is 0 Å². The van der Waals surface area contributed by atoms with Crippen molar-refractivity contribution in [2.75, 3.05) is 7.11 Å². The van der Waals surface area contributed by atoms with Crippen LogP contribution in [0.1, 0.15) is 0 Å². The normalized spacial score (nSPS) is 10.9. The van der Waals surface area contributed by atoms with E-state index in [0.717, 1.165) is 0 Å². The first-order chi connectivity index (χ1) is 7.07. The van der Waals surface area contributed by atoms with Crippen LogP contribution in [0.5, 0.6) is 0 Å². The van der Waals surface area contributed by atoms with Gasteiger partial charge >= 0.3 is 11.2 Å². The van der Waals surface area contributed by atoms with Crippen LogP contribution in [-0.2, 0) is 14.1 Å². The summed E-state index contributed by atoms with van der Waals surface area (Å²) in [7, 11) is 4.49. The van der Waals surface area contributed by atoms with Gasteiger partial charge in [0, 0.05) is 14.1 Å². The average Bonchev–Trinajstić information content (AvgIpc) is 2.58. The predicted molar refractivity (Wildman–Crippen MR) is 52.7 cm³/mol. The number of nitrogens with zero attached hydrogens (tertiary/aromatic N) is 4. The quantitative estimate of drug-likeness (QED) is 0.574. The number of aryl methyl sites for hydroxylation is 2. The second kappa shape index (κ2) is 2.97. The Labute approximate surface area is 84.1 Å². The number of hydrogen-bond acceptors (Lipinski definition) is 4. The van der Waals surface area contributed by atoms with Crippen LogP contribution < -0.4 is 16.1 Å². The molecule has 0 radical (unpaired) electrons. The van der Waals surface area contributed by atoms with Gasteiger partial charge in [0.05, 0.1) is 6.20 Å². The third-order valence-electron chi connectivity index (χ3n) is 2.28. The summed E-state index contributed by atoms with van der Waals surface area (Å²) in [5, 5.41) is 4.27. The van der Waals surface area contributed by atoms with Gasteiger partial charge in [-0.15, -0.1) is 0 Å². The molecule has 0 N–H and O–H groups in total. The van der Waals surface area contributed by atoms with Gasteiger partial charge in [0.15, 0.2) is 0 Å². The van der Waals surface area contributed by atoms with Crippen molar-refractivity contribution in [3.63, 3.8) is 0 Å². The second-order valence-corrected chi connectivity index (χ2v) is 3.13. The minimum absolute atomic E-state index is 0.349. The third-order valence-corrected chi connectivity index (χ3v) is 2.28. The van der Waals surface area contributed by atoms with E-state index in [-0.39, 0.29) is 0 Å². The van der Waals surface area contributed by atoms with Crippen LogP contribution in [0.2, 0.25) is 0 Å². The zero-order chi connectivity index (χ0) is 11.2. The van der Waals surface area contributed by atoms with E-state index in [1.807, 2.05) is 0 Å². The van der Waals surface area contributed by atoms with Gasteiger partial charge in [0.2, 0.25) is 0 Å².